The molecule has 5 aromatic rings. The van der Waals surface area contributed by atoms with E-state index < -0.39 is 11.9 Å². The summed E-state index contributed by atoms with van der Waals surface area (Å²) in [4.78, 5) is 31.8. The van der Waals surface area contributed by atoms with Crippen LogP contribution in [0, 0.1) is 6.92 Å². The van der Waals surface area contributed by atoms with Gasteiger partial charge in [0.25, 0.3) is 0 Å². The van der Waals surface area contributed by atoms with Crippen molar-refractivity contribution >= 4 is 33.7 Å². The van der Waals surface area contributed by atoms with Crippen LogP contribution in [-0.2, 0) is 15.9 Å². The maximum Gasteiger partial charge on any atom is 0.340 e. The fraction of sp³-hybridized carbons (Fsp3) is 0.250. The summed E-state index contributed by atoms with van der Waals surface area (Å²) in [5, 5.41) is 7.19. The zero-order valence-corrected chi connectivity index (χ0v) is 22.7. The molecule has 0 aliphatic rings. The van der Waals surface area contributed by atoms with E-state index >= 15 is 0 Å². The van der Waals surface area contributed by atoms with Crippen LogP contribution >= 0.6 is 0 Å². The van der Waals surface area contributed by atoms with E-state index in [0.717, 1.165) is 34.1 Å². The van der Waals surface area contributed by atoms with Crippen LogP contribution in [0.2, 0.25) is 0 Å². The monoisotopic (exact) mass is 521 g/mol. The fourth-order valence-electron chi connectivity index (χ4n) is 5.15. The molecule has 7 heteroatoms. The molecular weight excluding hydrogens is 490 g/mol. The number of para-hydroxylation sites is 1. The first-order valence-corrected chi connectivity index (χ1v) is 13.3. The Morgan fingerprint density at radius 1 is 0.821 bits per heavy atom. The number of carbonyl (C=O) groups is 2. The van der Waals surface area contributed by atoms with Crippen LogP contribution in [0.1, 0.15) is 59.3 Å². The second-order valence-electron chi connectivity index (χ2n) is 9.24. The minimum atomic E-state index is -0.442. The number of benzene rings is 3. The standard InChI is InChI=1S/C32H31N3O4/c1-5-13-25-29(32(37)39-7-3)28(26-20(4)34-35(30(26)33-25)22-16-9-8-10-17-22)23-18-11-14-21-15-12-19-24(27(21)23)31(36)38-6-2/h8-12,14-19H,5-7,13H2,1-4H3. The van der Waals surface area contributed by atoms with Crippen molar-refractivity contribution in [3.63, 3.8) is 0 Å². The van der Waals surface area contributed by atoms with Gasteiger partial charge in [0.15, 0.2) is 5.65 Å². The van der Waals surface area contributed by atoms with Crippen LogP contribution < -0.4 is 0 Å². The van der Waals surface area contributed by atoms with E-state index in [2.05, 4.69) is 6.92 Å². The molecule has 0 atom stereocenters. The molecule has 7 nitrogen and oxygen atoms in total. The quantitative estimate of drug-likeness (QED) is 0.208. The van der Waals surface area contributed by atoms with Crippen molar-refractivity contribution in [1.82, 2.24) is 14.8 Å². The van der Waals surface area contributed by atoms with E-state index in [0.29, 0.717) is 39.8 Å². The van der Waals surface area contributed by atoms with E-state index in [1.807, 2.05) is 72.3 Å². The topological polar surface area (TPSA) is 83.3 Å². The number of fused-ring (bicyclic) bond motifs is 2. The smallest absolute Gasteiger partial charge is 0.340 e. The summed E-state index contributed by atoms with van der Waals surface area (Å²) < 4.78 is 12.8. The summed E-state index contributed by atoms with van der Waals surface area (Å²) in [7, 11) is 0. The zero-order valence-electron chi connectivity index (χ0n) is 22.7. The van der Waals surface area contributed by atoms with Crippen LogP contribution in [0.5, 0.6) is 0 Å². The molecule has 2 heterocycles. The molecule has 0 aliphatic heterocycles. The minimum Gasteiger partial charge on any atom is -0.462 e. The summed E-state index contributed by atoms with van der Waals surface area (Å²) in [5.41, 5.74) is 5.13. The molecule has 2 aromatic heterocycles. The third-order valence-electron chi connectivity index (χ3n) is 6.70. The highest BCUT2D eigenvalue weighted by molar-refractivity contribution is 6.17. The molecule has 0 amide bonds. The van der Waals surface area contributed by atoms with Gasteiger partial charge in [0, 0.05) is 10.9 Å². The van der Waals surface area contributed by atoms with E-state index in [-0.39, 0.29) is 13.2 Å². The second kappa shape index (κ2) is 11.1. The Balaban J connectivity index is 1.97. The molecule has 0 spiro atoms. The molecule has 0 radical (unpaired) electrons. The van der Waals surface area contributed by atoms with E-state index in [4.69, 9.17) is 19.6 Å². The lowest BCUT2D eigenvalue weighted by molar-refractivity contribution is 0.0518. The van der Waals surface area contributed by atoms with Gasteiger partial charge >= 0.3 is 11.9 Å². The Hall–Kier alpha value is -4.52. The summed E-state index contributed by atoms with van der Waals surface area (Å²) >= 11 is 0. The van der Waals surface area contributed by atoms with Gasteiger partial charge in [0.2, 0.25) is 0 Å². The van der Waals surface area contributed by atoms with Gasteiger partial charge in [0.1, 0.15) is 0 Å². The number of nitrogens with zero attached hydrogens (tertiary/aromatic N) is 3. The number of carbonyl (C=O) groups excluding carboxylic acids is 2. The lowest BCUT2D eigenvalue weighted by Crippen LogP contribution is -2.14. The van der Waals surface area contributed by atoms with Crippen molar-refractivity contribution in [2.24, 2.45) is 0 Å². The number of hydrogen-bond acceptors (Lipinski definition) is 6. The number of esters is 2. The minimum absolute atomic E-state index is 0.230. The van der Waals surface area contributed by atoms with Crippen molar-refractivity contribution in [1.29, 1.82) is 0 Å². The van der Waals surface area contributed by atoms with Gasteiger partial charge in [-0.3, -0.25) is 0 Å². The second-order valence-corrected chi connectivity index (χ2v) is 9.24. The molecule has 3 aromatic carbocycles. The predicted molar refractivity (Wildman–Crippen MR) is 152 cm³/mol. The van der Waals surface area contributed by atoms with E-state index in [1.54, 1.807) is 19.9 Å². The molecule has 0 unspecified atom stereocenters. The zero-order chi connectivity index (χ0) is 27.5. The molecular formula is C32H31N3O4. The number of aryl methyl sites for hydroxylation is 2. The van der Waals surface area contributed by atoms with Crippen molar-refractivity contribution in [3.8, 4) is 16.8 Å². The molecule has 0 saturated carbocycles. The lowest BCUT2D eigenvalue weighted by atomic mass is 9.88. The van der Waals surface area contributed by atoms with Crippen LogP contribution in [0.15, 0.2) is 66.7 Å². The van der Waals surface area contributed by atoms with Crippen molar-refractivity contribution in [2.75, 3.05) is 13.2 Å². The van der Waals surface area contributed by atoms with Crippen molar-refractivity contribution in [2.45, 2.75) is 40.5 Å². The van der Waals surface area contributed by atoms with Crippen molar-refractivity contribution < 1.29 is 19.1 Å². The molecule has 5 rings (SSSR count). The molecule has 198 valence electrons. The molecule has 0 fully saturated rings. The molecule has 0 bridgehead atoms. The highest BCUT2D eigenvalue weighted by Gasteiger charge is 2.29. The fourth-order valence-corrected chi connectivity index (χ4v) is 5.15. The Labute approximate surface area is 227 Å². The first kappa shape index (κ1) is 26.1. The summed E-state index contributed by atoms with van der Waals surface area (Å²) in [5.74, 6) is -0.855. The first-order valence-electron chi connectivity index (χ1n) is 13.3. The third kappa shape index (κ3) is 4.65. The van der Waals surface area contributed by atoms with Crippen LogP contribution in [-0.4, -0.2) is 39.9 Å². The number of hydrogen-bond donors (Lipinski definition) is 0. The van der Waals surface area contributed by atoms with Crippen LogP contribution in [0.25, 0.3) is 38.6 Å². The van der Waals surface area contributed by atoms with Crippen LogP contribution in [0.3, 0.4) is 0 Å². The number of rotatable bonds is 8. The van der Waals surface area contributed by atoms with E-state index in [9.17, 15) is 9.59 Å². The van der Waals surface area contributed by atoms with Gasteiger partial charge in [-0.25, -0.2) is 19.3 Å². The number of pyridine rings is 1. The Morgan fingerprint density at radius 2 is 1.51 bits per heavy atom. The average Bonchev–Trinajstić information content (AvgIpc) is 3.28. The Kier molecular flexibility index (Phi) is 7.41. The Morgan fingerprint density at radius 3 is 2.21 bits per heavy atom. The number of aromatic nitrogens is 3. The normalized spacial score (nSPS) is 11.2. The summed E-state index contributed by atoms with van der Waals surface area (Å²) in [6, 6.07) is 21.2. The molecule has 0 aliphatic carbocycles. The van der Waals surface area contributed by atoms with Gasteiger partial charge in [-0.15, -0.1) is 0 Å². The van der Waals surface area contributed by atoms with E-state index in [1.165, 1.54) is 0 Å². The van der Waals surface area contributed by atoms with Gasteiger partial charge in [0.05, 0.1) is 46.8 Å². The maximum atomic E-state index is 13.6. The average molecular weight is 522 g/mol. The van der Waals surface area contributed by atoms with Gasteiger partial charge in [-0.2, -0.15) is 5.10 Å². The van der Waals surface area contributed by atoms with Gasteiger partial charge in [-0.05, 0) is 56.3 Å². The lowest BCUT2D eigenvalue weighted by Gasteiger charge is -2.18. The maximum absolute atomic E-state index is 13.6. The largest absolute Gasteiger partial charge is 0.462 e. The Bertz CT molecular complexity index is 1680. The number of ether oxygens (including phenoxy) is 2. The predicted octanol–water partition coefficient (Wildman–Crippen LogP) is 6.86. The SMILES string of the molecule is CCCc1nc2c(c(C)nn2-c2ccccc2)c(-c2cccc3cccc(C(=O)OCC)c23)c1C(=O)OCC. The summed E-state index contributed by atoms with van der Waals surface area (Å²) in [6.07, 6.45) is 1.36. The first-order chi connectivity index (χ1) is 19.0. The molecule has 39 heavy (non-hydrogen) atoms. The van der Waals surface area contributed by atoms with Crippen molar-refractivity contribution in [3.05, 3.63) is 89.2 Å². The highest BCUT2D eigenvalue weighted by atomic mass is 16.5. The highest BCUT2D eigenvalue weighted by Crippen LogP contribution is 2.41. The van der Waals surface area contributed by atoms with Gasteiger partial charge in [-0.1, -0.05) is 61.9 Å². The van der Waals surface area contributed by atoms with Gasteiger partial charge < -0.3 is 9.47 Å². The third-order valence-corrected chi connectivity index (χ3v) is 6.70. The van der Waals surface area contributed by atoms with Crippen LogP contribution in [0.4, 0.5) is 0 Å². The molecule has 0 N–H and O–H groups in total. The summed E-state index contributed by atoms with van der Waals surface area (Å²) in [6.45, 7) is 8.03. The molecule has 0 saturated heterocycles.